The molecule has 0 radical (unpaired) electrons. The number of nitrogens with zero attached hydrogens (tertiary/aromatic N) is 1. The van der Waals surface area contributed by atoms with Crippen molar-refractivity contribution in [1.29, 1.82) is 0 Å². The third-order valence-electron chi connectivity index (χ3n) is 2.75. The molecule has 4 nitrogen and oxygen atoms in total. The van der Waals surface area contributed by atoms with Crippen LogP contribution in [0, 0.1) is 0 Å². The lowest BCUT2D eigenvalue weighted by molar-refractivity contribution is -0.138. The van der Waals surface area contributed by atoms with E-state index in [2.05, 4.69) is 5.32 Å². The molecule has 0 spiro atoms. The maximum atomic E-state index is 12.8. The number of carbonyl (C=O) groups excluding carboxylic acids is 1. The number of alkyl halides is 3. The van der Waals surface area contributed by atoms with Crippen molar-refractivity contribution in [2.24, 2.45) is 0 Å². The number of hydrogen-bond donors (Lipinski definition) is 1. The molecule has 1 N–H and O–H groups in total. The van der Waals surface area contributed by atoms with Crippen LogP contribution in [0.4, 0.5) is 18.9 Å². The Hall–Kier alpha value is -2.28. The third kappa shape index (κ3) is 3.48. The van der Waals surface area contributed by atoms with Crippen molar-refractivity contribution in [1.82, 2.24) is 4.57 Å². The van der Waals surface area contributed by atoms with E-state index in [0.29, 0.717) is 18.0 Å². The van der Waals surface area contributed by atoms with Gasteiger partial charge in [0.25, 0.3) is 5.56 Å². The van der Waals surface area contributed by atoms with Crippen LogP contribution in [-0.4, -0.2) is 10.5 Å². The SMILES string of the molecule is CC(=O)Nc1cccc(-n2cc(C(F)(F)F)cc(Cl)c2=O)c1. The lowest BCUT2D eigenvalue weighted by Gasteiger charge is -2.13. The molecule has 116 valence electrons. The number of anilines is 1. The van der Waals surface area contributed by atoms with Gasteiger partial charge in [-0.1, -0.05) is 17.7 Å². The minimum Gasteiger partial charge on any atom is -0.326 e. The predicted octanol–water partition coefficient (Wildman–Crippen LogP) is 3.47. The van der Waals surface area contributed by atoms with Crippen LogP contribution < -0.4 is 10.9 Å². The molecule has 1 heterocycles. The van der Waals surface area contributed by atoms with E-state index in [9.17, 15) is 22.8 Å². The number of pyridine rings is 1. The van der Waals surface area contributed by atoms with Crippen LogP contribution in [0.3, 0.4) is 0 Å². The third-order valence-corrected chi connectivity index (χ3v) is 3.02. The van der Waals surface area contributed by atoms with Gasteiger partial charge in [-0.15, -0.1) is 0 Å². The molecule has 0 atom stereocenters. The Morgan fingerprint density at radius 1 is 1.27 bits per heavy atom. The zero-order valence-corrected chi connectivity index (χ0v) is 12.0. The molecule has 8 heteroatoms. The first-order chi connectivity index (χ1) is 10.2. The van der Waals surface area contributed by atoms with Crippen LogP contribution in [0.25, 0.3) is 5.69 Å². The van der Waals surface area contributed by atoms with Crippen molar-refractivity contribution in [2.75, 3.05) is 5.32 Å². The quantitative estimate of drug-likeness (QED) is 0.916. The van der Waals surface area contributed by atoms with Gasteiger partial charge < -0.3 is 5.32 Å². The molecule has 0 saturated carbocycles. The molecule has 0 fully saturated rings. The normalized spacial score (nSPS) is 11.3. The van der Waals surface area contributed by atoms with Crippen LogP contribution in [0.15, 0.2) is 41.3 Å². The molecular formula is C14H10ClF3N2O2. The van der Waals surface area contributed by atoms with Gasteiger partial charge in [-0.05, 0) is 24.3 Å². The summed E-state index contributed by atoms with van der Waals surface area (Å²) < 4.78 is 39.2. The number of hydrogen-bond acceptors (Lipinski definition) is 2. The average Bonchev–Trinajstić information content (AvgIpc) is 2.40. The molecule has 0 aliphatic heterocycles. The first kappa shape index (κ1) is 16.1. The fourth-order valence-electron chi connectivity index (χ4n) is 1.83. The van der Waals surface area contributed by atoms with E-state index in [0.717, 1.165) is 4.57 Å². The summed E-state index contributed by atoms with van der Waals surface area (Å²) in [6, 6.07) is 6.44. The van der Waals surface area contributed by atoms with Gasteiger partial charge >= 0.3 is 6.18 Å². The topological polar surface area (TPSA) is 51.1 Å². The Balaban J connectivity index is 2.59. The molecule has 1 aromatic carbocycles. The van der Waals surface area contributed by atoms with Gasteiger partial charge in [-0.3, -0.25) is 14.2 Å². The second-order valence-electron chi connectivity index (χ2n) is 4.48. The Kier molecular flexibility index (Phi) is 4.27. The molecule has 22 heavy (non-hydrogen) atoms. The Morgan fingerprint density at radius 2 is 1.95 bits per heavy atom. The van der Waals surface area contributed by atoms with Crippen molar-refractivity contribution in [3.05, 3.63) is 57.5 Å². The highest BCUT2D eigenvalue weighted by atomic mass is 35.5. The average molecular weight is 331 g/mol. The van der Waals surface area contributed by atoms with Gasteiger partial charge in [0, 0.05) is 18.8 Å². The Morgan fingerprint density at radius 3 is 2.55 bits per heavy atom. The summed E-state index contributed by atoms with van der Waals surface area (Å²) in [7, 11) is 0. The van der Waals surface area contributed by atoms with E-state index >= 15 is 0 Å². The summed E-state index contributed by atoms with van der Waals surface area (Å²) in [5.41, 5.74) is -1.31. The van der Waals surface area contributed by atoms with Gasteiger partial charge in [0.1, 0.15) is 5.02 Å². The first-order valence-corrected chi connectivity index (χ1v) is 6.43. The molecule has 0 aliphatic carbocycles. The number of halogens is 4. The van der Waals surface area contributed by atoms with Gasteiger partial charge in [0.2, 0.25) is 5.91 Å². The largest absolute Gasteiger partial charge is 0.417 e. The second-order valence-corrected chi connectivity index (χ2v) is 4.89. The van der Waals surface area contributed by atoms with Gasteiger partial charge in [0.05, 0.1) is 11.3 Å². The number of amides is 1. The monoisotopic (exact) mass is 330 g/mol. The number of rotatable bonds is 2. The van der Waals surface area contributed by atoms with Crippen molar-refractivity contribution < 1.29 is 18.0 Å². The summed E-state index contributed by atoms with van der Waals surface area (Å²) in [5, 5.41) is 1.94. The minimum atomic E-state index is -4.63. The van der Waals surface area contributed by atoms with Crippen LogP contribution in [0.2, 0.25) is 5.02 Å². The molecule has 0 saturated heterocycles. The van der Waals surface area contributed by atoms with E-state index in [4.69, 9.17) is 11.6 Å². The summed E-state index contributed by atoms with van der Waals surface area (Å²) >= 11 is 5.60. The van der Waals surface area contributed by atoms with Crippen LogP contribution in [-0.2, 0) is 11.0 Å². The Bertz CT molecular complexity index is 784. The number of benzene rings is 1. The highest BCUT2D eigenvalue weighted by molar-refractivity contribution is 6.30. The summed E-state index contributed by atoms with van der Waals surface area (Å²) in [4.78, 5) is 23.0. The molecule has 2 aromatic rings. The van der Waals surface area contributed by atoms with E-state index in [1.54, 1.807) is 6.07 Å². The lowest BCUT2D eigenvalue weighted by atomic mass is 10.2. The van der Waals surface area contributed by atoms with Crippen molar-refractivity contribution >= 4 is 23.2 Å². The molecular weight excluding hydrogens is 321 g/mol. The van der Waals surface area contributed by atoms with Crippen LogP contribution >= 0.6 is 11.6 Å². The van der Waals surface area contributed by atoms with E-state index in [1.807, 2.05) is 0 Å². The molecule has 0 bridgehead atoms. The molecule has 0 aliphatic rings. The number of carbonyl (C=O) groups is 1. The zero-order chi connectivity index (χ0) is 16.5. The van der Waals surface area contributed by atoms with E-state index in [1.165, 1.54) is 25.1 Å². The Labute approximate surface area is 128 Å². The minimum absolute atomic E-state index is 0.157. The summed E-state index contributed by atoms with van der Waals surface area (Å²) in [6.07, 6.45) is -3.96. The molecule has 2 rings (SSSR count). The lowest BCUT2D eigenvalue weighted by Crippen LogP contribution is -2.21. The van der Waals surface area contributed by atoms with Crippen molar-refractivity contribution in [3.8, 4) is 5.69 Å². The highest BCUT2D eigenvalue weighted by Gasteiger charge is 2.32. The van der Waals surface area contributed by atoms with Gasteiger partial charge in [0.15, 0.2) is 0 Å². The standard InChI is InChI=1S/C14H10ClF3N2O2/c1-8(21)19-10-3-2-4-11(6-10)20-7-9(14(16,17)18)5-12(15)13(20)22/h2-7H,1H3,(H,19,21). The zero-order valence-electron chi connectivity index (χ0n) is 11.2. The fraction of sp³-hybridized carbons (Fsp3) is 0.143. The smallest absolute Gasteiger partial charge is 0.326 e. The van der Waals surface area contributed by atoms with E-state index < -0.39 is 22.3 Å². The molecule has 1 aromatic heterocycles. The number of aromatic nitrogens is 1. The van der Waals surface area contributed by atoms with E-state index in [-0.39, 0.29) is 11.6 Å². The first-order valence-electron chi connectivity index (χ1n) is 6.06. The fourth-order valence-corrected chi connectivity index (χ4v) is 2.04. The highest BCUT2D eigenvalue weighted by Crippen LogP contribution is 2.30. The van der Waals surface area contributed by atoms with Crippen LogP contribution in [0.1, 0.15) is 12.5 Å². The number of nitrogens with one attached hydrogen (secondary N) is 1. The summed E-state index contributed by atoms with van der Waals surface area (Å²) in [5.74, 6) is -0.341. The van der Waals surface area contributed by atoms with Gasteiger partial charge in [-0.25, -0.2) is 0 Å². The van der Waals surface area contributed by atoms with Crippen LogP contribution in [0.5, 0.6) is 0 Å². The van der Waals surface area contributed by atoms with Gasteiger partial charge in [-0.2, -0.15) is 13.2 Å². The maximum absolute atomic E-state index is 12.8. The maximum Gasteiger partial charge on any atom is 0.417 e. The predicted molar refractivity (Wildman–Crippen MR) is 76.4 cm³/mol. The summed E-state index contributed by atoms with van der Waals surface area (Å²) in [6.45, 7) is 1.29. The molecule has 0 unspecified atom stereocenters. The second kappa shape index (κ2) is 5.84. The van der Waals surface area contributed by atoms with Crippen molar-refractivity contribution in [2.45, 2.75) is 13.1 Å². The van der Waals surface area contributed by atoms with Crippen molar-refractivity contribution in [3.63, 3.8) is 0 Å². The molecule has 1 amide bonds.